The second-order valence-electron chi connectivity index (χ2n) is 5.28. The Hall–Kier alpha value is -2.86. The second kappa shape index (κ2) is 5.65. The van der Waals surface area contributed by atoms with Crippen molar-refractivity contribution in [2.45, 2.75) is 0 Å². The minimum absolute atomic E-state index is 0.140. The number of benzene rings is 1. The van der Waals surface area contributed by atoms with Crippen molar-refractivity contribution in [2.24, 2.45) is 0 Å². The molecule has 0 bridgehead atoms. The van der Waals surface area contributed by atoms with E-state index in [1.54, 1.807) is 30.5 Å². The van der Waals surface area contributed by atoms with Crippen LogP contribution in [0.2, 0.25) is 0 Å². The molecule has 0 atom stereocenters. The van der Waals surface area contributed by atoms with Gasteiger partial charge >= 0.3 is 0 Å². The highest BCUT2D eigenvalue weighted by Gasteiger charge is 2.30. The topological polar surface area (TPSA) is 75.7 Å². The first-order chi connectivity index (χ1) is 11.6. The van der Waals surface area contributed by atoms with Crippen LogP contribution < -0.4 is 0 Å². The molecule has 5 nitrogen and oxygen atoms in total. The zero-order valence-electron chi connectivity index (χ0n) is 12.3. The van der Waals surface area contributed by atoms with E-state index >= 15 is 0 Å². The fraction of sp³-hybridized carbons (Fsp3) is 0. The number of pyridine rings is 1. The SMILES string of the molecule is O=C1C=C(c2ccc(Br)cc2)C(=O)c2[nH]c(-c3ccccn3)nc21. The van der Waals surface area contributed by atoms with E-state index in [1.807, 2.05) is 18.2 Å². The number of aromatic amines is 1. The fourth-order valence-corrected chi connectivity index (χ4v) is 2.85. The lowest BCUT2D eigenvalue weighted by Gasteiger charge is -2.10. The maximum atomic E-state index is 12.8. The number of carbonyl (C=O) groups excluding carboxylic acids is 2. The molecule has 1 N–H and O–H groups in total. The quantitative estimate of drug-likeness (QED) is 0.736. The lowest BCUT2D eigenvalue weighted by molar-refractivity contribution is 0.0996. The highest BCUT2D eigenvalue weighted by molar-refractivity contribution is 9.10. The normalized spacial score (nSPS) is 13.6. The first kappa shape index (κ1) is 14.7. The van der Waals surface area contributed by atoms with E-state index in [0.717, 1.165) is 4.47 Å². The third kappa shape index (κ3) is 2.41. The molecule has 0 spiro atoms. The summed E-state index contributed by atoms with van der Waals surface area (Å²) in [4.78, 5) is 36.5. The van der Waals surface area contributed by atoms with Gasteiger partial charge in [-0.1, -0.05) is 34.1 Å². The minimum atomic E-state index is -0.291. The van der Waals surface area contributed by atoms with Crippen LogP contribution in [0.5, 0.6) is 0 Å². The standard InChI is InChI=1S/C18H10BrN3O2/c19-11-6-4-10(5-7-11)12-9-14(23)15-16(17(12)24)22-18(21-15)13-3-1-2-8-20-13/h1-9H,(H,21,22). The number of imidazole rings is 1. The Morgan fingerprint density at radius 2 is 1.79 bits per heavy atom. The molecule has 0 saturated carbocycles. The van der Waals surface area contributed by atoms with Crippen molar-refractivity contribution in [3.8, 4) is 11.5 Å². The average molecular weight is 380 g/mol. The van der Waals surface area contributed by atoms with Crippen molar-refractivity contribution in [3.63, 3.8) is 0 Å². The van der Waals surface area contributed by atoms with Crippen LogP contribution in [0.3, 0.4) is 0 Å². The number of carbonyl (C=O) groups is 2. The molecule has 0 saturated heterocycles. The van der Waals surface area contributed by atoms with Gasteiger partial charge in [0.05, 0.1) is 0 Å². The first-order valence-corrected chi connectivity index (χ1v) is 8.01. The van der Waals surface area contributed by atoms with Gasteiger partial charge in [-0.15, -0.1) is 0 Å². The predicted octanol–water partition coefficient (Wildman–Crippen LogP) is 3.70. The Bertz CT molecular complexity index is 989. The second-order valence-corrected chi connectivity index (χ2v) is 6.20. The molecule has 4 rings (SSSR count). The molecule has 2 aromatic heterocycles. The van der Waals surface area contributed by atoms with Crippen molar-refractivity contribution >= 4 is 33.1 Å². The summed E-state index contributed by atoms with van der Waals surface area (Å²) in [6.45, 7) is 0. The van der Waals surface area contributed by atoms with Crippen LogP contribution in [0.25, 0.3) is 17.1 Å². The van der Waals surface area contributed by atoms with E-state index < -0.39 is 0 Å². The van der Waals surface area contributed by atoms with E-state index in [4.69, 9.17) is 0 Å². The van der Waals surface area contributed by atoms with Gasteiger partial charge in [-0.2, -0.15) is 0 Å². The Balaban J connectivity index is 1.79. The van der Waals surface area contributed by atoms with Gasteiger partial charge in [0.25, 0.3) is 0 Å². The molecule has 1 aromatic carbocycles. The van der Waals surface area contributed by atoms with Crippen molar-refractivity contribution < 1.29 is 9.59 Å². The van der Waals surface area contributed by atoms with Crippen molar-refractivity contribution in [1.29, 1.82) is 0 Å². The molecule has 116 valence electrons. The molecular formula is C18H10BrN3O2. The Labute approximate surface area is 145 Å². The number of aromatic nitrogens is 3. The van der Waals surface area contributed by atoms with Crippen LogP contribution in [0.1, 0.15) is 26.5 Å². The van der Waals surface area contributed by atoms with Gasteiger partial charge in [0.2, 0.25) is 11.6 Å². The number of Topliss-reactive ketones (excluding diaryl/α,β-unsaturated/α-hetero) is 1. The number of hydrogen-bond acceptors (Lipinski definition) is 4. The van der Waals surface area contributed by atoms with Crippen molar-refractivity contribution in [2.75, 3.05) is 0 Å². The van der Waals surface area contributed by atoms with Crippen LogP contribution in [-0.2, 0) is 0 Å². The fourth-order valence-electron chi connectivity index (χ4n) is 2.58. The minimum Gasteiger partial charge on any atom is -0.333 e. The summed E-state index contributed by atoms with van der Waals surface area (Å²) < 4.78 is 0.904. The monoisotopic (exact) mass is 379 g/mol. The van der Waals surface area contributed by atoms with E-state index in [2.05, 4.69) is 30.9 Å². The van der Waals surface area contributed by atoms with Crippen LogP contribution >= 0.6 is 15.9 Å². The van der Waals surface area contributed by atoms with Gasteiger partial charge in [-0.25, -0.2) is 4.98 Å². The van der Waals surface area contributed by atoms with E-state index in [1.165, 1.54) is 6.08 Å². The Morgan fingerprint density at radius 3 is 2.50 bits per heavy atom. The zero-order valence-corrected chi connectivity index (χ0v) is 13.9. The first-order valence-electron chi connectivity index (χ1n) is 7.21. The van der Waals surface area contributed by atoms with E-state index in [0.29, 0.717) is 22.7 Å². The highest BCUT2D eigenvalue weighted by Crippen LogP contribution is 2.29. The zero-order chi connectivity index (χ0) is 16.7. The summed E-state index contributed by atoms with van der Waals surface area (Å²) in [5, 5.41) is 0. The lowest BCUT2D eigenvalue weighted by atomic mass is 9.92. The number of hydrogen-bond donors (Lipinski definition) is 1. The maximum Gasteiger partial charge on any atom is 0.212 e. The predicted molar refractivity (Wildman–Crippen MR) is 92.6 cm³/mol. The summed E-state index contributed by atoms with van der Waals surface area (Å²) >= 11 is 3.36. The molecule has 6 heteroatoms. The van der Waals surface area contributed by atoms with E-state index in [-0.39, 0.29) is 23.0 Å². The van der Waals surface area contributed by atoms with E-state index in [9.17, 15) is 9.59 Å². The summed E-state index contributed by atoms with van der Waals surface area (Å²) in [5.74, 6) is -0.129. The third-order valence-corrected chi connectivity index (χ3v) is 4.28. The molecule has 1 aliphatic rings. The van der Waals surface area contributed by atoms with Crippen molar-refractivity contribution in [3.05, 3.63) is 76.2 Å². The number of nitrogens with one attached hydrogen (secondary N) is 1. The lowest BCUT2D eigenvalue weighted by Crippen LogP contribution is -2.16. The molecule has 0 fully saturated rings. The number of rotatable bonds is 2. The van der Waals surface area contributed by atoms with Gasteiger partial charge in [0.1, 0.15) is 17.1 Å². The molecular weight excluding hydrogens is 370 g/mol. The van der Waals surface area contributed by atoms with Gasteiger partial charge in [-0.3, -0.25) is 14.6 Å². The van der Waals surface area contributed by atoms with Gasteiger partial charge in [0.15, 0.2) is 5.82 Å². The van der Waals surface area contributed by atoms with Crippen LogP contribution in [0.15, 0.2) is 59.2 Å². The molecule has 0 radical (unpaired) electrons. The number of ketones is 2. The Kier molecular flexibility index (Phi) is 3.46. The van der Waals surface area contributed by atoms with Crippen molar-refractivity contribution in [1.82, 2.24) is 15.0 Å². The van der Waals surface area contributed by atoms with Gasteiger partial charge < -0.3 is 4.98 Å². The van der Waals surface area contributed by atoms with Gasteiger partial charge in [-0.05, 0) is 35.9 Å². The van der Waals surface area contributed by atoms with Gasteiger partial charge in [0, 0.05) is 16.2 Å². The molecule has 0 aliphatic heterocycles. The Morgan fingerprint density at radius 1 is 1.00 bits per heavy atom. The maximum absolute atomic E-state index is 12.8. The molecule has 2 heterocycles. The summed E-state index contributed by atoms with van der Waals surface area (Å²) in [5.41, 5.74) is 1.98. The molecule has 3 aromatic rings. The summed E-state index contributed by atoms with van der Waals surface area (Å²) in [6.07, 6.45) is 2.98. The smallest absolute Gasteiger partial charge is 0.212 e. The van der Waals surface area contributed by atoms with Crippen LogP contribution in [0.4, 0.5) is 0 Å². The number of halogens is 1. The van der Waals surface area contributed by atoms with Crippen LogP contribution in [0, 0.1) is 0 Å². The number of fused-ring (bicyclic) bond motifs is 1. The highest BCUT2D eigenvalue weighted by atomic mass is 79.9. The third-order valence-electron chi connectivity index (χ3n) is 3.75. The molecule has 24 heavy (non-hydrogen) atoms. The summed E-state index contributed by atoms with van der Waals surface area (Å²) in [6, 6.07) is 12.6. The largest absolute Gasteiger partial charge is 0.333 e. The number of H-pyrrole nitrogens is 1. The number of nitrogens with zero attached hydrogens (tertiary/aromatic N) is 2. The number of allylic oxidation sites excluding steroid dienone is 2. The molecule has 0 unspecified atom stereocenters. The summed E-state index contributed by atoms with van der Waals surface area (Å²) in [7, 11) is 0. The molecule has 0 amide bonds. The molecule has 1 aliphatic carbocycles. The average Bonchev–Trinajstić information content (AvgIpc) is 3.06. The van der Waals surface area contributed by atoms with Crippen LogP contribution in [-0.4, -0.2) is 26.5 Å².